The average Bonchev–Trinajstić information content (AvgIpc) is 2.74. The molecule has 0 atom stereocenters. The summed E-state index contributed by atoms with van der Waals surface area (Å²) < 4.78 is 1.97. The third-order valence-corrected chi connectivity index (χ3v) is 3.47. The van der Waals surface area contributed by atoms with Crippen molar-refractivity contribution in [1.29, 1.82) is 0 Å². The van der Waals surface area contributed by atoms with Crippen LogP contribution in [0.25, 0.3) is 5.52 Å². The second-order valence-corrected chi connectivity index (χ2v) is 4.60. The van der Waals surface area contributed by atoms with Crippen LogP contribution in [0.4, 0.5) is 0 Å². The Hall–Kier alpha value is -1.35. The fraction of sp³-hybridized carbons (Fsp3) is 0.462. The Balaban J connectivity index is 1.83. The smallest absolute Gasteiger partial charge is 0.0693 e. The normalized spacial score (nSPS) is 18.0. The lowest BCUT2D eigenvalue weighted by molar-refractivity contribution is 0.373. The molecule has 2 aromatic rings. The van der Waals surface area contributed by atoms with Crippen LogP contribution in [0.1, 0.15) is 18.4 Å². The van der Waals surface area contributed by atoms with E-state index < -0.39 is 0 Å². The van der Waals surface area contributed by atoms with Gasteiger partial charge in [0.05, 0.1) is 11.7 Å². The van der Waals surface area contributed by atoms with Crippen molar-refractivity contribution < 1.29 is 0 Å². The molecule has 3 heterocycles. The maximum Gasteiger partial charge on any atom is 0.0693 e. The average molecular weight is 215 g/mol. The lowest BCUT2D eigenvalue weighted by Crippen LogP contribution is -2.28. The number of nitrogens with one attached hydrogen (secondary N) is 1. The van der Waals surface area contributed by atoms with E-state index >= 15 is 0 Å². The maximum atomic E-state index is 4.39. The summed E-state index contributed by atoms with van der Waals surface area (Å²) in [5.41, 5.74) is 2.66. The summed E-state index contributed by atoms with van der Waals surface area (Å²) in [6.07, 6.45) is 7.81. The molecule has 3 heteroatoms. The van der Waals surface area contributed by atoms with E-state index in [1.54, 1.807) is 0 Å². The standard InChI is InChI=1S/C13H17N3/c1-2-8-16-13(3-1)12(10-15-16)9-11-4-6-14-7-5-11/h1-3,8,10-11,14H,4-7,9H2. The van der Waals surface area contributed by atoms with Gasteiger partial charge >= 0.3 is 0 Å². The van der Waals surface area contributed by atoms with Crippen LogP contribution in [-0.2, 0) is 6.42 Å². The van der Waals surface area contributed by atoms with Crippen molar-refractivity contribution >= 4 is 5.52 Å². The fourth-order valence-electron chi connectivity index (χ4n) is 2.54. The van der Waals surface area contributed by atoms with Crippen LogP contribution in [0.3, 0.4) is 0 Å². The van der Waals surface area contributed by atoms with Crippen LogP contribution in [-0.4, -0.2) is 22.7 Å². The maximum absolute atomic E-state index is 4.39. The molecule has 3 nitrogen and oxygen atoms in total. The summed E-state index contributed by atoms with van der Waals surface area (Å²) >= 11 is 0. The van der Waals surface area contributed by atoms with E-state index in [1.165, 1.54) is 43.4 Å². The van der Waals surface area contributed by atoms with Crippen LogP contribution in [0, 0.1) is 5.92 Å². The van der Waals surface area contributed by atoms with E-state index in [0.29, 0.717) is 0 Å². The minimum absolute atomic E-state index is 0.828. The van der Waals surface area contributed by atoms with Crippen molar-refractivity contribution in [2.24, 2.45) is 5.92 Å². The van der Waals surface area contributed by atoms with Crippen molar-refractivity contribution in [2.75, 3.05) is 13.1 Å². The molecule has 0 unspecified atom stereocenters. The number of rotatable bonds is 2. The molecule has 1 N–H and O–H groups in total. The summed E-state index contributed by atoms with van der Waals surface area (Å²) in [4.78, 5) is 0. The zero-order chi connectivity index (χ0) is 10.8. The minimum Gasteiger partial charge on any atom is -0.317 e. The van der Waals surface area contributed by atoms with Gasteiger partial charge in [-0.05, 0) is 56.0 Å². The van der Waals surface area contributed by atoms with Gasteiger partial charge in [0.1, 0.15) is 0 Å². The molecular weight excluding hydrogens is 198 g/mol. The van der Waals surface area contributed by atoms with Gasteiger partial charge in [0.25, 0.3) is 0 Å². The van der Waals surface area contributed by atoms with Gasteiger partial charge in [0.15, 0.2) is 0 Å². The van der Waals surface area contributed by atoms with Crippen molar-refractivity contribution in [3.8, 4) is 0 Å². The van der Waals surface area contributed by atoms with Gasteiger partial charge in [0, 0.05) is 6.20 Å². The van der Waals surface area contributed by atoms with E-state index in [0.717, 1.165) is 5.92 Å². The van der Waals surface area contributed by atoms with E-state index in [4.69, 9.17) is 0 Å². The molecule has 0 bridgehead atoms. The Bertz CT molecular complexity index is 469. The second kappa shape index (κ2) is 4.26. The van der Waals surface area contributed by atoms with Crippen LogP contribution in [0.15, 0.2) is 30.6 Å². The lowest BCUT2D eigenvalue weighted by Gasteiger charge is -2.21. The number of piperidine rings is 1. The Morgan fingerprint density at radius 1 is 1.31 bits per heavy atom. The Morgan fingerprint density at radius 3 is 3.06 bits per heavy atom. The van der Waals surface area contributed by atoms with E-state index in [1.807, 2.05) is 23.0 Å². The van der Waals surface area contributed by atoms with Gasteiger partial charge in [-0.3, -0.25) is 0 Å². The molecule has 1 aliphatic heterocycles. The number of hydrogen-bond donors (Lipinski definition) is 1. The largest absolute Gasteiger partial charge is 0.317 e. The Morgan fingerprint density at radius 2 is 2.19 bits per heavy atom. The van der Waals surface area contributed by atoms with Crippen molar-refractivity contribution in [3.63, 3.8) is 0 Å². The first-order valence-electron chi connectivity index (χ1n) is 6.05. The Kier molecular flexibility index (Phi) is 2.62. The molecule has 0 saturated carbocycles. The van der Waals surface area contributed by atoms with Crippen LogP contribution >= 0.6 is 0 Å². The van der Waals surface area contributed by atoms with Crippen LogP contribution in [0.5, 0.6) is 0 Å². The van der Waals surface area contributed by atoms with Crippen molar-refractivity contribution in [1.82, 2.24) is 14.9 Å². The van der Waals surface area contributed by atoms with E-state index in [2.05, 4.69) is 22.5 Å². The van der Waals surface area contributed by atoms with Gasteiger partial charge in [-0.25, -0.2) is 4.52 Å². The van der Waals surface area contributed by atoms with Crippen molar-refractivity contribution in [2.45, 2.75) is 19.3 Å². The zero-order valence-electron chi connectivity index (χ0n) is 9.39. The molecule has 0 amide bonds. The van der Waals surface area contributed by atoms with Gasteiger partial charge in [-0.2, -0.15) is 5.10 Å². The molecule has 1 saturated heterocycles. The number of pyridine rings is 1. The molecule has 1 fully saturated rings. The molecule has 0 aromatic carbocycles. The van der Waals surface area contributed by atoms with Gasteiger partial charge in [0.2, 0.25) is 0 Å². The highest BCUT2D eigenvalue weighted by molar-refractivity contribution is 5.53. The molecule has 0 radical (unpaired) electrons. The minimum atomic E-state index is 0.828. The zero-order valence-corrected chi connectivity index (χ0v) is 9.39. The summed E-state index contributed by atoms with van der Waals surface area (Å²) in [5, 5.41) is 7.80. The molecule has 1 aliphatic rings. The highest BCUT2D eigenvalue weighted by Crippen LogP contribution is 2.20. The second-order valence-electron chi connectivity index (χ2n) is 4.60. The summed E-state index contributed by atoms with van der Waals surface area (Å²) in [5.74, 6) is 0.828. The van der Waals surface area contributed by atoms with Gasteiger partial charge in [-0.15, -0.1) is 0 Å². The fourth-order valence-corrected chi connectivity index (χ4v) is 2.54. The number of hydrogen-bond acceptors (Lipinski definition) is 2. The highest BCUT2D eigenvalue weighted by Gasteiger charge is 2.15. The molecule has 16 heavy (non-hydrogen) atoms. The molecule has 0 aliphatic carbocycles. The molecule has 3 rings (SSSR count). The monoisotopic (exact) mass is 215 g/mol. The summed E-state index contributed by atoms with van der Waals surface area (Å²) in [6, 6.07) is 6.26. The number of nitrogens with zero attached hydrogens (tertiary/aromatic N) is 2. The predicted octanol–water partition coefficient (Wildman–Crippen LogP) is 1.88. The first-order chi connectivity index (χ1) is 7.93. The van der Waals surface area contributed by atoms with E-state index in [9.17, 15) is 0 Å². The van der Waals surface area contributed by atoms with Gasteiger partial charge < -0.3 is 5.32 Å². The highest BCUT2D eigenvalue weighted by atomic mass is 15.2. The SMILES string of the molecule is c1ccn2ncc(CC3CCNCC3)c2c1. The van der Waals surface area contributed by atoms with Crippen molar-refractivity contribution in [3.05, 3.63) is 36.2 Å². The topological polar surface area (TPSA) is 29.3 Å². The van der Waals surface area contributed by atoms with Crippen LogP contribution < -0.4 is 5.32 Å². The number of fused-ring (bicyclic) bond motifs is 1. The first-order valence-corrected chi connectivity index (χ1v) is 6.05. The third kappa shape index (κ3) is 1.83. The molecular formula is C13H17N3. The lowest BCUT2D eigenvalue weighted by atomic mass is 9.91. The summed E-state index contributed by atoms with van der Waals surface area (Å²) in [7, 11) is 0. The predicted molar refractivity (Wildman–Crippen MR) is 64.5 cm³/mol. The molecule has 84 valence electrons. The third-order valence-electron chi connectivity index (χ3n) is 3.47. The van der Waals surface area contributed by atoms with Gasteiger partial charge in [-0.1, -0.05) is 6.07 Å². The Labute approximate surface area is 95.5 Å². The summed E-state index contributed by atoms with van der Waals surface area (Å²) in [6.45, 7) is 2.34. The van der Waals surface area contributed by atoms with E-state index in [-0.39, 0.29) is 0 Å². The van der Waals surface area contributed by atoms with Crippen LogP contribution in [0.2, 0.25) is 0 Å². The quantitative estimate of drug-likeness (QED) is 0.828. The molecule has 2 aromatic heterocycles. The number of aromatic nitrogens is 2. The first kappa shape index (κ1) is 9.85. The molecule has 0 spiro atoms.